The van der Waals surface area contributed by atoms with E-state index in [2.05, 4.69) is 4.98 Å². The zero-order valence-corrected chi connectivity index (χ0v) is 11.3. The van der Waals surface area contributed by atoms with Crippen molar-refractivity contribution in [1.29, 1.82) is 0 Å². The molecule has 0 saturated carbocycles. The molecule has 106 valence electrons. The Labute approximate surface area is 121 Å². The normalized spacial score (nSPS) is 12.5. The van der Waals surface area contributed by atoms with Crippen LogP contribution >= 0.6 is 0 Å². The van der Waals surface area contributed by atoms with Crippen LogP contribution in [0.15, 0.2) is 54.7 Å². The lowest BCUT2D eigenvalue weighted by Crippen LogP contribution is -2.15. The van der Waals surface area contributed by atoms with Crippen LogP contribution in [0.3, 0.4) is 0 Å². The van der Waals surface area contributed by atoms with Crippen molar-refractivity contribution in [2.45, 2.75) is 12.5 Å². The van der Waals surface area contributed by atoms with E-state index in [4.69, 9.17) is 5.73 Å². The van der Waals surface area contributed by atoms with E-state index in [1.807, 2.05) is 24.3 Å². The second-order valence-corrected chi connectivity index (χ2v) is 4.93. The molecule has 0 spiro atoms. The highest BCUT2D eigenvalue weighted by molar-refractivity contribution is 5.82. The number of pyridine rings is 1. The minimum atomic E-state index is -0.566. The molecule has 2 N–H and O–H groups in total. The fourth-order valence-corrected chi connectivity index (χ4v) is 2.50. The van der Waals surface area contributed by atoms with Gasteiger partial charge in [-0.25, -0.2) is 8.78 Å². The van der Waals surface area contributed by atoms with Crippen LogP contribution in [0.1, 0.15) is 17.2 Å². The third kappa shape index (κ3) is 2.62. The highest BCUT2D eigenvalue weighted by Gasteiger charge is 2.16. The number of fused-ring (bicyclic) bond motifs is 1. The zero-order chi connectivity index (χ0) is 14.8. The smallest absolute Gasteiger partial charge is 0.129 e. The molecular weight excluding hydrogens is 270 g/mol. The number of aromatic nitrogens is 1. The van der Waals surface area contributed by atoms with E-state index in [1.54, 1.807) is 12.3 Å². The maximum Gasteiger partial charge on any atom is 0.129 e. The van der Waals surface area contributed by atoms with Gasteiger partial charge in [-0.15, -0.1) is 0 Å². The first-order chi connectivity index (χ1) is 10.2. The lowest BCUT2D eigenvalue weighted by molar-refractivity contribution is 0.540. The Morgan fingerprint density at radius 2 is 1.67 bits per heavy atom. The number of benzene rings is 2. The van der Waals surface area contributed by atoms with E-state index in [0.29, 0.717) is 0 Å². The topological polar surface area (TPSA) is 38.9 Å². The van der Waals surface area contributed by atoms with Crippen molar-refractivity contribution in [2.24, 2.45) is 5.73 Å². The first kappa shape index (κ1) is 13.6. The second kappa shape index (κ2) is 5.58. The summed E-state index contributed by atoms with van der Waals surface area (Å²) < 4.78 is 27.5. The van der Waals surface area contributed by atoms with Crippen LogP contribution in [0.5, 0.6) is 0 Å². The molecule has 1 aromatic heterocycles. The summed E-state index contributed by atoms with van der Waals surface area (Å²) in [4.78, 5) is 4.26. The van der Waals surface area contributed by atoms with Crippen molar-refractivity contribution in [3.05, 3.63) is 77.5 Å². The number of nitrogens with zero attached hydrogens (tertiary/aromatic N) is 1. The Morgan fingerprint density at radius 1 is 0.952 bits per heavy atom. The van der Waals surface area contributed by atoms with Gasteiger partial charge < -0.3 is 5.73 Å². The number of nitrogens with two attached hydrogens (primary N) is 1. The summed E-state index contributed by atoms with van der Waals surface area (Å²) in [7, 11) is 0. The van der Waals surface area contributed by atoms with Gasteiger partial charge in [0.25, 0.3) is 0 Å². The van der Waals surface area contributed by atoms with E-state index in [1.165, 1.54) is 18.2 Å². The summed E-state index contributed by atoms with van der Waals surface area (Å²) in [5.41, 5.74) is 7.84. The van der Waals surface area contributed by atoms with Gasteiger partial charge in [0.1, 0.15) is 11.6 Å². The van der Waals surface area contributed by atoms with Crippen LogP contribution in [-0.4, -0.2) is 4.98 Å². The molecule has 0 aliphatic rings. The van der Waals surface area contributed by atoms with Crippen molar-refractivity contribution in [3.63, 3.8) is 0 Å². The molecule has 0 amide bonds. The monoisotopic (exact) mass is 284 g/mol. The quantitative estimate of drug-likeness (QED) is 0.795. The molecular formula is C17H14F2N2. The number of halogens is 2. The minimum Gasteiger partial charge on any atom is -0.324 e. The molecule has 1 heterocycles. The van der Waals surface area contributed by atoms with Gasteiger partial charge in [0.05, 0.1) is 5.52 Å². The minimum absolute atomic E-state index is 0.0193. The van der Waals surface area contributed by atoms with Crippen LogP contribution < -0.4 is 5.73 Å². The second-order valence-electron chi connectivity index (χ2n) is 4.93. The van der Waals surface area contributed by atoms with Gasteiger partial charge in [-0.05, 0) is 36.2 Å². The first-order valence-corrected chi connectivity index (χ1v) is 6.69. The largest absolute Gasteiger partial charge is 0.324 e. The molecule has 3 rings (SSSR count). The SMILES string of the molecule is NC(Cc1c(F)cccc1F)c1ccnc2ccccc12. The van der Waals surface area contributed by atoms with Crippen molar-refractivity contribution in [3.8, 4) is 0 Å². The Kier molecular flexibility index (Phi) is 3.62. The summed E-state index contributed by atoms with van der Waals surface area (Å²) >= 11 is 0. The molecule has 0 saturated heterocycles. The fraction of sp³-hybridized carbons (Fsp3) is 0.118. The first-order valence-electron chi connectivity index (χ1n) is 6.69. The molecule has 21 heavy (non-hydrogen) atoms. The fourth-order valence-electron chi connectivity index (χ4n) is 2.50. The van der Waals surface area contributed by atoms with Gasteiger partial charge in [-0.3, -0.25) is 4.98 Å². The van der Waals surface area contributed by atoms with E-state index < -0.39 is 17.7 Å². The molecule has 2 nitrogen and oxygen atoms in total. The molecule has 1 atom stereocenters. The van der Waals surface area contributed by atoms with Gasteiger partial charge >= 0.3 is 0 Å². The molecule has 2 aromatic carbocycles. The Bertz CT molecular complexity index is 761. The predicted octanol–water partition coefficient (Wildman–Crippen LogP) is 3.76. The van der Waals surface area contributed by atoms with Crippen LogP contribution in [0.25, 0.3) is 10.9 Å². The maximum atomic E-state index is 13.7. The molecule has 3 aromatic rings. The van der Waals surface area contributed by atoms with Crippen LogP contribution in [0, 0.1) is 11.6 Å². The van der Waals surface area contributed by atoms with Gasteiger partial charge in [-0.2, -0.15) is 0 Å². The molecule has 4 heteroatoms. The highest BCUT2D eigenvalue weighted by Crippen LogP contribution is 2.25. The molecule has 1 unspecified atom stereocenters. The van der Waals surface area contributed by atoms with E-state index in [0.717, 1.165) is 16.5 Å². The van der Waals surface area contributed by atoms with Crippen molar-refractivity contribution >= 4 is 10.9 Å². The molecule has 0 radical (unpaired) electrons. The lowest BCUT2D eigenvalue weighted by atomic mass is 9.96. The van der Waals surface area contributed by atoms with Crippen LogP contribution in [0.2, 0.25) is 0 Å². The third-order valence-electron chi connectivity index (χ3n) is 3.57. The average molecular weight is 284 g/mol. The van der Waals surface area contributed by atoms with Gasteiger partial charge in [0.15, 0.2) is 0 Å². The van der Waals surface area contributed by atoms with Gasteiger partial charge in [0.2, 0.25) is 0 Å². The Hall–Kier alpha value is -2.33. The van der Waals surface area contributed by atoms with E-state index in [-0.39, 0.29) is 12.0 Å². The van der Waals surface area contributed by atoms with Crippen LogP contribution in [-0.2, 0) is 6.42 Å². The lowest BCUT2D eigenvalue weighted by Gasteiger charge is -2.15. The number of hydrogen-bond donors (Lipinski definition) is 1. The van der Waals surface area contributed by atoms with Crippen molar-refractivity contribution in [2.75, 3.05) is 0 Å². The predicted molar refractivity (Wildman–Crippen MR) is 78.7 cm³/mol. The third-order valence-corrected chi connectivity index (χ3v) is 3.57. The van der Waals surface area contributed by atoms with Gasteiger partial charge in [0, 0.05) is 23.2 Å². The zero-order valence-electron chi connectivity index (χ0n) is 11.3. The number of hydrogen-bond acceptors (Lipinski definition) is 2. The highest BCUT2D eigenvalue weighted by atomic mass is 19.1. The van der Waals surface area contributed by atoms with Crippen molar-refractivity contribution in [1.82, 2.24) is 4.98 Å². The Morgan fingerprint density at radius 3 is 2.43 bits per heavy atom. The maximum absolute atomic E-state index is 13.7. The molecule has 0 aliphatic heterocycles. The number of para-hydroxylation sites is 1. The van der Waals surface area contributed by atoms with Crippen molar-refractivity contribution < 1.29 is 8.78 Å². The number of rotatable bonds is 3. The van der Waals surface area contributed by atoms with E-state index >= 15 is 0 Å². The molecule has 0 fully saturated rings. The summed E-state index contributed by atoms with van der Waals surface area (Å²) in [6.45, 7) is 0. The standard InChI is InChI=1S/C17H14F2N2/c18-14-5-3-6-15(19)13(14)10-16(20)11-8-9-21-17-7-2-1-4-12(11)17/h1-9,16H,10,20H2. The molecule has 0 bridgehead atoms. The summed E-state index contributed by atoms with van der Waals surface area (Å²) in [6.07, 6.45) is 1.77. The van der Waals surface area contributed by atoms with E-state index in [9.17, 15) is 8.78 Å². The summed E-state index contributed by atoms with van der Waals surface area (Å²) in [6, 6.07) is 12.7. The summed E-state index contributed by atoms with van der Waals surface area (Å²) in [5, 5.41) is 0.907. The molecule has 0 aliphatic carbocycles. The Balaban J connectivity index is 2.00. The van der Waals surface area contributed by atoms with Gasteiger partial charge in [-0.1, -0.05) is 24.3 Å². The average Bonchev–Trinajstić information content (AvgIpc) is 2.50. The summed E-state index contributed by atoms with van der Waals surface area (Å²) in [5.74, 6) is -1.13. The van der Waals surface area contributed by atoms with Crippen LogP contribution in [0.4, 0.5) is 8.78 Å².